The first-order valence-corrected chi connectivity index (χ1v) is 6.04. The van der Waals surface area contributed by atoms with Crippen LogP contribution in [0.2, 0.25) is 0 Å². The summed E-state index contributed by atoms with van der Waals surface area (Å²) in [5.74, 6) is 1.03. The summed E-state index contributed by atoms with van der Waals surface area (Å²) in [6.45, 7) is 6.75. The molecule has 1 fully saturated rings. The Morgan fingerprint density at radius 2 is 2.18 bits per heavy atom. The van der Waals surface area contributed by atoms with Crippen molar-refractivity contribution in [2.45, 2.75) is 26.7 Å². The predicted molar refractivity (Wildman–Crippen MR) is 69.8 cm³/mol. The molecule has 1 amide bonds. The third-order valence-corrected chi connectivity index (χ3v) is 3.87. The lowest BCUT2D eigenvalue weighted by Crippen LogP contribution is -2.06. The average molecular weight is 232 g/mol. The molecule has 3 N–H and O–H groups in total. The fourth-order valence-electron chi connectivity index (χ4n) is 2.86. The zero-order chi connectivity index (χ0) is 12.6. The van der Waals surface area contributed by atoms with Crippen molar-refractivity contribution in [3.05, 3.63) is 29.8 Å². The SMILES string of the molecule is CC(=O)Nc1cccc([C@@H]2[C@@H](CN)C2(C)C)c1. The van der Waals surface area contributed by atoms with E-state index < -0.39 is 0 Å². The molecule has 1 aromatic rings. The van der Waals surface area contributed by atoms with Crippen molar-refractivity contribution in [2.24, 2.45) is 17.1 Å². The normalized spacial score (nSPS) is 25.4. The van der Waals surface area contributed by atoms with Gasteiger partial charge >= 0.3 is 0 Å². The Morgan fingerprint density at radius 3 is 2.71 bits per heavy atom. The molecule has 1 aliphatic carbocycles. The molecular formula is C14H20N2O. The number of carbonyl (C=O) groups is 1. The van der Waals surface area contributed by atoms with E-state index in [1.54, 1.807) is 0 Å². The molecule has 92 valence electrons. The second-order valence-corrected chi connectivity index (χ2v) is 5.45. The van der Waals surface area contributed by atoms with Crippen molar-refractivity contribution in [2.75, 3.05) is 11.9 Å². The molecule has 0 aromatic heterocycles. The maximum absolute atomic E-state index is 11.0. The van der Waals surface area contributed by atoms with Crippen molar-refractivity contribution in [1.29, 1.82) is 0 Å². The van der Waals surface area contributed by atoms with Crippen molar-refractivity contribution in [1.82, 2.24) is 0 Å². The van der Waals surface area contributed by atoms with Crippen molar-refractivity contribution < 1.29 is 4.79 Å². The molecule has 0 radical (unpaired) electrons. The zero-order valence-corrected chi connectivity index (χ0v) is 10.7. The first-order chi connectivity index (χ1) is 7.96. The predicted octanol–water partition coefficient (Wildman–Crippen LogP) is 2.34. The lowest BCUT2D eigenvalue weighted by Gasteiger charge is -2.06. The highest BCUT2D eigenvalue weighted by Gasteiger charge is 2.57. The van der Waals surface area contributed by atoms with Crippen molar-refractivity contribution in [3.63, 3.8) is 0 Å². The molecule has 0 aliphatic heterocycles. The minimum atomic E-state index is -0.0346. The molecule has 0 unspecified atom stereocenters. The Balaban J connectivity index is 2.20. The van der Waals surface area contributed by atoms with Crippen LogP contribution in [0.1, 0.15) is 32.3 Å². The molecular weight excluding hydrogens is 212 g/mol. The number of carbonyl (C=O) groups excluding carboxylic acids is 1. The van der Waals surface area contributed by atoms with Crippen LogP contribution in [0.4, 0.5) is 5.69 Å². The molecule has 1 aromatic carbocycles. The van der Waals surface area contributed by atoms with Crippen LogP contribution < -0.4 is 11.1 Å². The lowest BCUT2D eigenvalue weighted by molar-refractivity contribution is -0.114. The van der Waals surface area contributed by atoms with Crippen LogP contribution in [-0.2, 0) is 4.79 Å². The van der Waals surface area contributed by atoms with E-state index in [0.29, 0.717) is 11.8 Å². The number of nitrogens with one attached hydrogen (secondary N) is 1. The molecule has 3 heteroatoms. The number of anilines is 1. The smallest absolute Gasteiger partial charge is 0.221 e. The number of hydrogen-bond acceptors (Lipinski definition) is 2. The topological polar surface area (TPSA) is 55.1 Å². The first-order valence-electron chi connectivity index (χ1n) is 6.04. The van der Waals surface area contributed by atoms with E-state index in [1.807, 2.05) is 12.1 Å². The summed E-state index contributed by atoms with van der Waals surface area (Å²) in [6.07, 6.45) is 0. The third-order valence-electron chi connectivity index (χ3n) is 3.87. The summed E-state index contributed by atoms with van der Waals surface area (Å²) in [5.41, 5.74) is 8.21. The van der Waals surface area contributed by atoms with Gasteiger partial charge in [0.2, 0.25) is 5.91 Å². The van der Waals surface area contributed by atoms with Crippen LogP contribution >= 0.6 is 0 Å². The Kier molecular flexibility index (Phi) is 2.96. The maximum Gasteiger partial charge on any atom is 0.221 e. The summed E-state index contributed by atoms with van der Waals surface area (Å²) < 4.78 is 0. The van der Waals surface area contributed by atoms with E-state index in [-0.39, 0.29) is 11.3 Å². The second-order valence-electron chi connectivity index (χ2n) is 5.45. The first kappa shape index (κ1) is 12.1. The van der Waals surface area contributed by atoms with Crippen molar-refractivity contribution in [3.8, 4) is 0 Å². The number of benzene rings is 1. The van der Waals surface area contributed by atoms with Crippen molar-refractivity contribution >= 4 is 11.6 Å². The third kappa shape index (κ3) is 2.20. The Morgan fingerprint density at radius 1 is 1.47 bits per heavy atom. The van der Waals surface area contributed by atoms with Crippen LogP contribution in [-0.4, -0.2) is 12.5 Å². The molecule has 1 aliphatic rings. The molecule has 2 atom stereocenters. The molecule has 0 bridgehead atoms. The van der Waals surface area contributed by atoms with Gasteiger partial charge in [0.05, 0.1) is 0 Å². The molecule has 1 saturated carbocycles. The Labute approximate surface area is 102 Å². The number of nitrogens with two attached hydrogens (primary N) is 1. The van der Waals surface area contributed by atoms with Gasteiger partial charge in [-0.2, -0.15) is 0 Å². The molecule has 17 heavy (non-hydrogen) atoms. The van der Waals surface area contributed by atoms with Crippen LogP contribution in [0.5, 0.6) is 0 Å². The molecule has 0 saturated heterocycles. The molecule has 3 nitrogen and oxygen atoms in total. The average Bonchev–Trinajstić information content (AvgIpc) is 2.79. The molecule has 0 spiro atoms. The van der Waals surface area contributed by atoms with E-state index in [9.17, 15) is 4.79 Å². The van der Waals surface area contributed by atoms with Gasteiger partial charge in [-0.15, -0.1) is 0 Å². The fourth-order valence-corrected chi connectivity index (χ4v) is 2.86. The highest BCUT2D eigenvalue weighted by atomic mass is 16.1. The number of rotatable bonds is 3. The fraction of sp³-hybridized carbons (Fsp3) is 0.500. The summed E-state index contributed by atoms with van der Waals surface area (Å²) in [4.78, 5) is 11.0. The summed E-state index contributed by atoms with van der Waals surface area (Å²) >= 11 is 0. The number of amides is 1. The summed E-state index contributed by atoms with van der Waals surface area (Å²) in [7, 11) is 0. The van der Waals surface area contributed by atoms with Gasteiger partial charge in [-0.05, 0) is 41.5 Å². The quantitative estimate of drug-likeness (QED) is 0.840. The second kappa shape index (κ2) is 4.15. The molecule has 0 heterocycles. The monoisotopic (exact) mass is 232 g/mol. The standard InChI is InChI=1S/C14H20N2O/c1-9(17)16-11-6-4-5-10(7-11)13-12(8-15)14(13,2)3/h4-7,12-13H,8,15H2,1-3H3,(H,16,17)/t12-,13-/m1/s1. The van der Waals surface area contributed by atoms with E-state index in [0.717, 1.165) is 12.2 Å². The lowest BCUT2D eigenvalue weighted by atomic mass is 10.0. The Hall–Kier alpha value is -1.35. The van der Waals surface area contributed by atoms with Crippen LogP contribution in [0.3, 0.4) is 0 Å². The largest absolute Gasteiger partial charge is 0.330 e. The summed E-state index contributed by atoms with van der Waals surface area (Å²) in [5, 5.41) is 2.82. The van der Waals surface area contributed by atoms with Gasteiger partial charge in [0.1, 0.15) is 0 Å². The zero-order valence-electron chi connectivity index (χ0n) is 10.7. The van der Waals surface area contributed by atoms with Crippen LogP contribution in [0, 0.1) is 11.3 Å². The maximum atomic E-state index is 11.0. The van der Waals surface area contributed by atoms with Gasteiger partial charge in [0.25, 0.3) is 0 Å². The summed E-state index contributed by atoms with van der Waals surface area (Å²) in [6, 6.07) is 8.08. The van der Waals surface area contributed by atoms with Crippen LogP contribution in [0.25, 0.3) is 0 Å². The highest BCUT2D eigenvalue weighted by molar-refractivity contribution is 5.88. The van der Waals surface area contributed by atoms with Gasteiger partial charge in [0, 0.05) is 12.6 Å². The van der Waals surface area contributed by atoms with E-state index >= 15 is 0 Å². The molecule has 2 rings (SSSR count). The van der Waals surface area contributed by atoms with E-state index in [2.05, 4.69) is 31.3 Å². The van der Waals surface area contributed by atoms with Gasteiger partial charge in [-0.1, -0.05) is 26.0 Å². The minimum absolute atomic E-state index is 0.0346. The van der Waals surface area contributed by atoms with Gasteiger partial charge in [-0.25, -0.2) is 0 Å². The highest BCUT2D eigenvalue weighted by Crippen LogP contribution is 2.63. The van der Waals surface area contributed by atoms with Crippen LogP contribution in [0.15, 0.2) is 24.3 Å². The van der Waals surface area contributed by atoms with E-state index in [1.165, 1.54) is 12.5 Å². The van der Waals surface area contributed by atoms with E-state index in [4.69, 9.17) is 5.73 Å². The number of hydrogen-bond donors (Lipinski definition) is 2. The van der Waals surface area contributed by atoms with Gasteiger partial charge in [0.15, 0.2) is 0 Å². The van der Waals surface area contributed by atoms with Gasteiger partial charge < -0.3 is 11.1 Å². The Bertz CT molecular complexity index is 440. The van der Waals surface area contributed by atoms with Gasteiger partial charge in [-0.3, -0.25) is 4.79 Å². The minimum Gasteiger partial charge on any atom is -0.330 e.